The second-order valence-electron chi connectivity index (χ2n) is 1.94. The highest BCUT2D eigenvalue weighted by Crippen LogP contribution is 2.10. The van der Waals surface area contributed by atoms with E-state index in [0.29, 0.717) is 0 Å². The summed E-state index contributed by atoms with van der Waals surface area (Å²) in [5.74, 6) is 0. The molecule has 0 aliphatic heterocycles. The van der Waals surface area contributed by atoms with Crippen LogP contribution in [0.4, 0.5) is 0 Å². The second-order valence-corrected chi connectivity index (χ2v) is 4.88. The van der Waals surface area contributed by atoms with Crippen LogP contribution >= 0.6 is 22.3 Å². The summed E-state index contributed by atoms with van der Waals surface area (Å²) >= 11 is 5.35. The molecule has 1 N–H and O–H groups in total. The zero-order valence-corrected chi connectivity index (χ0v) is 7.87. The monoisotopic (exact) mass is 227 g/mol. The molecule has 7 heteroatoms. The second kappa shape index (κ2) is 3.08. The lowest BCUT2D eigenvalue weighted by Gasteiger charge is -1.94. The zero-order chi connectivity index (χ0) is 9.35. The molecule has 0 aliphatic rings. The number of rotatable bonds is 1. The highest BCUT2D eigenvalue weighted by molar-refractivity contribution is 8.13. The number of aromatic nitrogens is 1. The maximum Gasteiger partial charge on any atom is 0.276 e. The van der Waals surface area contributed by atoms with Gasteiger partial charge in [-0.05, 0) is 12.1 Å². The van der Waals surface area contributed by atoms with E-state index in [1.807, 2.05) is 4.98 Å². The molecule has 1 aromatic rings. The van der Waals surface area contributed by atoms with Crippen LogP contribution in [0.5, 0.6) is 0 Å². The van der Waals surface area contributed by atoms with Crippen molar-refractivity contribution in [1.29, 1.82) is 0 Å². The Bertz CT molecular complexity index is 450. The molecule has 0 amide bonds. The minimum Gasteiger partial charge on any atom is -0.311 e. The minimum atomic E-state index is -3.88. The van der Waals surface area contributed by atoms with Crippen LogP contribution in [0.2, 0.25) is 5.02 Å². The summed E-state index contributed by atoms with van der Waals surface area (Å²) in [5, 5.41) is -0.447. The lowest BCUT2D eigenvalue weighted by molar-refractivity contribution is 0.606. The van der Waals surface area contributed by atoms with E-state index in [4.69, 9.17) is 22.3 Å². The van der Waals surface area contributed by atoms with Gasteiger partial charge in [-0.2, -0.15) is 0 Å². The lowest BCUT2D eigenvalue weighted by atomic mass is 10.5. The van der Waals surface area contributed by atoms with E-state index >= 15 is 0 Å². The van der Waals surface area contributed by atoms with Crippen LogP contribution in [-0.4, -0.2) is 13.4 Å². The molecule has 1 heterocycles. The Kier molecular flexibility index (Phi) is 2.46. The summed E-state index contributed by atoms with van der Waals surface area (Å²) in [7, 11) is 1.06. The molecule has 0 saturated heterocycles. The quantitative estimate of drug-likeness (QED) is 0.727. The first-order chi connectivity index (χ1) is 5.41. The highest BCUT2D eigenvalue weighted by Gasteiger charge is 2.10. The molecule has 0 bridgehead atoms. The zero-order valence-electron chi connectivity index (χ0n) is 5.54. The molecule has 0 atom stereocenters. The Labute approximate surface area is 77.5 Å². The molecule has 1 aromatic heterocycles. The summed E-state index contributed by atoms with van der Waals surface area (Å²) in [6, 6.07) is 2.28. The topological polar surface area (TPSA) is 67.0 Å². The number of aromatic amines is 1. The van der Waals surface area contributed by atoms with Crippen molar-refractivity contribution in [2.45, 2.75) is 5.03 Å². The Morgan fingerprint density at radius 3 is 2.33 bits per heavy atom. The number of pyridine rings is 1. The number of hydrogen-bond donors (Lipinski definition) is 1. The van der Waals surface area contributed by atoms with Gasteiger partial charge >= 0.3 is 0 Å². The lowest BCUT2D eigenvalue weighted by Crippen LogP contribution is -2.09. The Morgan fingerprint density at radius 2 is 1.92 bits per heavy atom. The average molecular weight is 228 g/mol. The van der Waals surface area contributed by atoms with Crippen molar-refractivity contribution in [3.05, 3.63) is 27.5 Å². The van der Waals surface area contributed by atoms with Gasteiger partial charge in [0.15, 0.2) is 5.03 Å². The molecule has 0 aromatic carbocycles. The van der Waals surface area contributed by atoms with E-state index in [0.717, 1.165) is 12.1 Å². The maximum atomic E-state index is 10.8. The SMILES string of the molecule is O=c1[nH]c(S(=O)(=O)Cl)ccc1Cl. The van der Waals surface area contributed by atoms with Crippen LogP contribution < -0.4 is 5.56 Å². The molecule has 1 rings (SSSR count). The van der Waals surface area contributed by atoms with Crippen LogP contribution in [0.25, 0.3) is 0 Å². The average Bonchev–Trinajstić information content (AvgIpc) is 1.92. The first kappa shape index (κ1) is 9.57. The van der Waals surface area contributed by atoms with Crippen molar-refractivity contribution >= 4 is 31.3 Å². The van der Waals surface area contributed by atoms with Crippen LogP contribution in [0.1, 0.15) is 0 Å². The van der Waals surface area contributed by atoms with Crippen molar-refractivity contribution in [1.82, 2.24) is 4.98 Å². The fourth-order valence-electron chi connectivity index (χ4n) is 0.580. The number of nitrogens with one attached hydrogen (secondary N) is 1. The van der Waals surface area contributed by atoms with E-state index in [1.165, 1.54) is 0 Å². The minimum absolute atomic E-state index is 0.0842. The molecular weight excluding hydrogens is 225 g/mol. The van der Waals surface area contributed by atoms with Gasteiger partial charge in [-0.25, -0.2) is 8.42 Å². The summed E-state index contributed by atoms with van der Waals surface area (Å²) in [5.41, 5.74) is -0.682. The summed E-state index contributed by atoms with van der Waals surface area (Å²) in [6.07, 6.45) is 0. The fraction of sp³-hybridized carbons (Fsp3) is 0. The molecule has 66 valence electrons. The molecule has 0 radical (unpaired) electrons. The van der Waals surface area contributed by atoms with Crippen molar-refractivity contribution in [2.75, 3.05) is 0 Å². The van der Waals surface area contributed by atoms with Gasteiger partial charge in [0.05, 0.1) is 0 Å². The Hall–Kier alpha value is -0.520. The summed E-state index contributed by atoms with van der Waals surface area (Å²) in [4.78, 5) is 12.8. The summed E-state index contributed by atoms with van der Waals surface area (Å²) < 4.78 is 21.3. The number of H-pyrrole nitrogens is 1. The third kappa shape index (κ3) is 2.00. The Balaban J connectivity index is 3.43. The molecule has 0 fully saturated rings. The number of hydrogen-bond acceptors (Lipinski definition) is 3. The van der Waals surface area contributed by atoms with Crippen LogP contribution in [0.3, 0.4) is 0 Å². The molecule has 0 unspecified atom stereocenters. The third-order valence-corrected chi connectivity index (χ3v) is 2.66. The van der Waals surface area contributed by atoms with E-state index in [-0.39, 0.29) is 10.0 Å². The maximum absolute atomic E-state index is 10.8. The Morgan fingerprint density at radius 1 is 1.33 bits per heavy atom. The standard InChI is InChI=1S/C5H3Cl2NO3S/c6-3-1-2-4(8-5(3)9)12(7,10)11/h1-2H,(H,8,9). The van der Waals surface area contributed by atoms with Gasteiger partial charge in [0.25, 0.3) is 14.6 Å². The first-order valence-electron chi connectivity index (χ1n) is 2.75. The van der Waals surface area contributed by atoms with Gasteiger partial charge in [-0.3, -0.25) is 4.79 Å². The molecule has 4 nitrogen and oxygen atoms in total. The predicted molar refractivity (Wildman–Crippen MR) is 45.1 cm³/mol. The summed E-state index contributed by atoms with van der Waals surface area (Å²) in [6.45, 7) is 0. The van der Waals surface area contributed by atoms with Crippen LogP contribution in [0, 0.1) is 0 Å². The first-order valence-corrected chi connectivity index (χ1v) is 5.43. The van der Waals surface area contributed by atoms with E-state index < -0.39 is 14.6 Å². The van der Waals surface area contributed by atoms with Gasteiger partial charge < -0.3 is 4.98 Å². The van der Waals surface area contributed by atoms with Crippen molar-refractivity contribution in [3.8, 4) is 0 Å². The van der Waals surface area contributed by atoms with Crippen molar-refractivity contribution < 1.29 is 8.42 Å². The molecule has 0 spiro atoms. The predicted octanol–water partition coefficient (Wildman–Crippen LogP) is 0.956. The smallest absolute Gasteiger partial charge is 0.276 e. The highest BCUT2D eigenvalue weighted by atomic mass is 35.7. The van der Waals surface area contributed by atoms with Gasteiger partial charge in [-0.1, -0.05) is 11.6 Å². The van der Waals surface area contributed by atoms with Gasteiger partial charge in [-0.15, -0.1) is 0 Å². The molecule has 12 heavy (non-hydrogen) atoms. The van der Waals surface area contributed by atoms with E-state index in [9.17, 15) is 13.2 Å². The van der Waals surface area contributed by atoms with Crippen LogP contribution in [0.15, 0.2) is 22.0 Å². The normalized spacial score (nSPS) is 11.5. The number of halogens is 2. The van der Waals surface area contributed by atoms with Crippen molar-refractivity contribution in [2.24, 2.45) is 0 Å². The van der Waals surface area contributed by atoms with Gasteiger partial charge in [0.2, 0.25) is 0 Å². The van der Waals surface area contributed by atoms with Crippen LogP contribution in [-0.2, 0) is 9.05 Å². The van der Waals surface area contributed by atoms with E-state index in [2.05, 4.69) is 0 Å². The molecular formula is C5H3Cl2NO3S. The molecule has 0 saturated carbocycles. The van der Waals surface area contributed by atoms with Gasteiger partial charge in [0, 0.05) is 10.7 Å². The van der Waals surface area contributed by atoms with E-state index in [1.54, 1.807) is 0 Å². The van der Waals surface area contributed by atoms with Crippen molar-refractivity contribution in [3.63, 3.8) is 0 Å². The van der Waals surface area contributed by atoms with Gasteiger partial charge in [0.1, 0.15) is 5.02 Å². The molecule has 0 aliphatic carbocycles. The fourth-order valence-corrected chi connectivity index (χ4v) is 1.41. The third-order valence-electron chi connectivity index (χ3n) is 1.10. The largest absolute Gasteiger partial charge is 0.311 e.